The van der Waals surface area contributed by atoms with E-state index in [1.807, 2.05) is 6.07 Å². The van der Waals surface area contributed by atoms with Crippen LogP contribution in [0.25, 0.3) is 0 Å². The summed E-state index contributed by atoms with van der Waals surface area (Å²) in [6, 6.07) is 10.6. The monoisotopic (exact) mass is 339 g/mol. The molecular formula is C16H17N7O2. The van der Waals surface area contributed by atoms with Crippen LogP contribution in [0.2, 0.25) is 0 Å². The number of carbonyl (C=O) groups is 2. The van der Waals surface area contributed by atoms with Gasteiger partial charge in [-0.05, 0) is 23.4 Å². The van der Waals surface area contributed by atoms with E-state index in [0.717, 1.165) is 0 Å². The quantitative estimate of drug-likeness (QED) is 0.609. The zero-order valence-corrected chi connectivity index (χ0v) is 13.9. The van der Waals surface area contributed by atoms with Crippen molar-refractivity contribution in [1.82, 2.24) is 34.9 Å². The predicted octanol–water partition coefficient (Wildman–Crippen LogP) is 0.562. The third-order valence-electron chi connectivity index (χ3n) is 3.63. The molecular weight excluding hydrogens is 322 g/mol. The maximum absolute atomic E-state index is 12.3. The molecule has 0 saturated heterocycles. The number of hydrogen-bond donors (Lipinski definition) is 0. The van der Waals surface area contributed by atoms with Crippen LogP contribution in [0.1, 0.15) is 26.7 Å². The Balaban J connectivity index is 1.63. The SMILES string of the molecule is CN(Cc1nnn(CC(=O)c2ccnn2C)n1)C(=O)c1ccccc1. The molecule has 0 aliphatic heterocycles. The van der Waals surface area contributed by atoms with Crippen LogP contribution >= 0.6 is 0 Å². The summed E-state index contributed by atoms with van der Waals surface area (Å²) in [5, 5.41) is 15.9. The van der Waals surface area contributed by atoms with Gasteiger partial charge in [-0.1, -0.05) is 18.2 Å². The first-order chi connectivity index (χ1) is 12.0. The number of tetrazole rings is 1. The van der Waals surface area contributed by atoms with E-state index < -0.39 is 0 Å². The van der Waals surface area contributed by atoms with Gasteiger partial charge in [-0.2, -0.15) is 9.90 Å². The van der Waals surface area contributed by atoms with Gasteiger partial charge in [-0.25, -0.2) is 0 Å². The predicted molar refractivity (Wildman–Crippen MR) is 87.6 cm³/mol. The molecule has 0 saturated carbocycles. The summed E-state index contributed by atoms with van der Waals surface area (Å²) >= 11 is 0. The maximum Gasteiger partial charge on any atom is 0.254 e. The number of aryl methyl sites for hydroxylation is 1. The topological polar surface area (TPSA) is 98.8 Å². The number of aromatic nitrogens is 6. The van der Waals surface area contributed by atoms with Crippen molar-refractivity contribution in [3.05, 3.63) is 59.7 Å². The summed E-state index contributed by atoms with van der Waals surface area (Å²) in [5.74, 6) is 0.0603. The second-order valence-corrected chi connectivity index (χ2v) is 5.53. The molecule has 1 amide bonds. The van der Waals surface area contributed by atoms with Crippen LogP contribution in [0.3, 0.4) is 0 Å². The lowest BCUT2D eigenvalue weighted by molar-refractivity contribution is 0.0780. The number of amides is 1. The van der Waals surface area contributed by atoms with Gasteiger partial charge in [0.2, 0.25) is 5.78 Å². The fourth-order valence-corrected chi connectivity index (χ4v) is 2.35. The van der Waals surface area contributed by atoms with E-state index in [-0.39, 0.29) is 24.8 Å². The Labute approximate surface area is 143 Å². The van der Waals surface area contributed by atoms with Crippen molar-refractivity contribution in [2.24, 2.45) is 7.05 Å². The van der Waals surface area contributed by atoms with E-state index in [4.69, 9.17) is 0 Å². The van der Waals surface area contributed by atoms with Gasteiger partial charge in [0.25, 0.3) is 5.91 Å². The minimum absolute atomic E-state index is 0.0388. The fourth-order valence-electron chi connectivity index (χ4n) is 2.35. The molecule has 0 aliphatic carbocycles. The summed E-state index contributed by atoms with van der Waals surface area (Å²) in [6.07, 6.45) is 1.55. The third kappa shape index (κ3) is 3.77. The van der Waals surface area contributed by atoms with Crippen LogP contribution in [-0.2, 0) is 20.1 Å². The number of rotatable bonds is 6. The highest BCUT2D eigenvalue weighted by molar-refractivity contribution is 5.94. The van der Waals surface area contributed by atoms with Crippen molar-refractivity contribution in [1.29, 1.82) is 0 Å². The third-order valence-corrected chi connectivity index (χ3v) is 3.63. The number of Topliss-reactive ketones (excluding diaryl/α,β-unsaturated/α-hetero) is 1. The highest BCUT2D eigenvalue weighted by Crippen LogP contribution is 2.05. The summed E-state index contributed by atoms with van der Waals surface area (Å²) in [5.41, 5.74) is 1.05. The minimum atomic E-state index is -0.169. The fraction of sp³-hybridized carbons (Fsp3) is 0.250. The molecule has 0 radical (unpaired) electrons. The van der Waals surface area contributed by atoms with Crippen molar-refractivity contribution in [3.63, 3.8) is 0 Å². The summed E-state index contributed by atoms with van der Waals surface area (Å²) < 4.78 is 1.49. The van der Waals surface area contributed by atoms with E-state index in [1.54, 1.807) is 50.6 Å². The molecule has 9 nitrogen and oxygen atoms in total. The Hall–Kier alpha value is -3.36. The highest BCUT2D eigenvalue weighted by atomic mass is 16.2. The normalized spacial score (nSPS) is 10.6. The van der Waals surface area contributed by atoms with Crippen molar-refractivity contribution in [2.75, 3.05) is 7.05 Å². The molecule has 0 unspecified atom stereocenters. The van der Waals surface area contributed by atoms with Crippen molar-refractivity contribution in [3.8, 4) is 0 Å². The highest BCUT2D eigenvalue weighted by Gasteiger charge is 2.16. The first kappa shape index (κ1) is 16.5. The van der Waals surface area contributed by atoms with Crippen LogP contribution < -0.4 is 0 Å². The molecule has 0 atom stereocenters. The lowest BCUT2D eigenvalue weighted by atomic mass is 10.2. The molecule has 1 aromatic carbocycles. The summed E-state index contributed by atoms with van der Waals surface area (Å²) in [4.78, 5) is 27.2. The van der Waals surface area contributed by atoms with Gasteiger partial charge in [0, 0.05) is 25.9 Å². The first-order valence-corrected chi connectivity index (χ1v) is 7.63. The van der Waals surface area contributed by atoms with Gasteiger partial charge < -0.3 is 4.90 Å². The van der Waals surface area contributed by atoms with E-state index in [2.05, 4.69) is 20.5 Å². The number of nitrogens with zero attached hydrogens (tertiary/aromatic N) is 7. The smallest absolute Gasteiger partial charge is 0.254 e. The molecule has 3 rings (SSSR count). The second-order valence-electron chi connectivity index (χ2n) is 5.53. The second kappa shape index (κ2) is 7.04. The average Bonchev–Trinajstić information content (AvgIpc) is 3.23. The lowest BCUT2D eigenvalue weighted by Gasteiger charge is -2.14. The van der Waals surface area contributed by atoms with Gasteiger partial charge in [0.1, 0.15) is 12.2 Å². The molecule has 0 N–H and O–H groups in total. The zero-order valence-electron chi connectivity index (χ0n) is 13.9. The van der Waals surface area contributed by atoms with E-state index in [0.29, 0.717) is 17.1 Å². The van der Waals surface area contributed by atoms with Gasteiger partial charge >= 0.3 is 0 Å². The molecule has 25 heavy (non-hydrogen) atoms. The molecule has 0 aliphatic rings. The first-order valence-electron chi connectivity index (χ1n) is 7.63. The Morgan fingerprint density at radius 3 is 2.60 bits per heavy atom. The maximum atomic E-state index is 12.3. The number of hydrogen-bond acceptors (Lipinski definition) is 6. The minimum Gasteiger partial charge on any atom is -0.334 e. The van der Waals surface area contributed by atoms with E-state index in [1.165, 1.54) is 14.4 Å². The summed E-state index contributed by atoms with van der Waals surface area (Å²) in [6.45, 7) is 0.163. The molecule has 0 bridgehead atoms. The molecule has 0 fully saturated rings. The molecule has 0 spiro atoms. The van der Waals surface area contributed by atoms with Crippen LogP contribution in [0, 0.1) is 0 Å². The largest absolute Gasteiger partial charge is 0.334 e. The Morgan fingerprint density at radius 2 is 1.92 bits per heavy atom. The van der Waals surface area contributed by atoms with E-state index >= 15 is 0 Å². The average molecular weight is 339 g/mol. The van der Waals surface area contributed by atoms with Crippen molar-refractivity contribution in [2.45, 2.75) is 13.1 Å². The van der Waals surface area contributed by atoms with Gasteiger partial charge in [-0.15, -0.1) is 10.2 Å². The van der Waals surface area contributed by atoms with Gasteiger partial charge in [-0.3, -0.25) is 14.3 Å². The van der Waals surface area contributed by atoms with Gasteiger partial charge in [0.05, 0.1) is 6.54 Å². The molecule has 9 heteroatoms. The van der Waals surface area contributed by atoms with Crippen LogP contribution in [0.5, 0.6) is 0 Å². The number of carbonyl (C=O) groups excluding carboxylic acids is 2. The Morgan fingerprint density at radius 1 is 1.16 bits per heavy atom. The standard InChI is InChI=1S/C16H17N7O2/c1-21(16(25)12-6-4-3-5-7-12)11-15-18-20-23(19-15)10-14(24)13-8-9-17-22(13)2/h3-9H,10-11H2,1-2H3. The van der Waals surface area contributed by atoms with E-state index in [9.17, 15) is 9.59 Å². The van der Waals surface area contributed by atoms with Crippen molar-refractivity contribution >= 4 is 11.7 Å². The molecule has 2 aromatic heterocycles. The zero-order chi connectivity index (χ0) is 17.8. The summed E-state index contributed by atoms with van der Waals surface area (Å²) in [7, 11) is 3.36. The van der Waals surface area contributed by atoms with Crippen molar-refractivity contribution < 1.29 is 9.59 Å². The lowest BCUT2D eigenvalue weighted by Crippen LogP contribution is -2.26. The molecule has 128 valence electrons. The molecule has 3 aromatic rings. The van der Waals surface area contributed by atoms with Gasteiger partial charge in [0.15, 0.2) is 5.82 Å². The van der Waals surface area contributed by atoms with Crippen LogP contribution in [0.4, 0.5) is 0 Å². The molecule has 2 heterocycles. The number of benzene rings is 1. The number of ketones is 1. The Bertz CT molecular complexity index is 885. The Kier molecular flexibility index (Phi) is 4.64. The van der Waals surface area contributed by atoms with Crippen LogP contribution in [0.15, 0.2) is 42.6 Å². The van der Waals surface area contributed by atoms with Crippen LogP contribution in [-0.4, -0.2) is 53.6 Å².